The first-order chi connectivity index (χ1) is 11.5. The number of para-hydroxylation sites is 1. The van der Waals surface area contributed by atoms with Crippen LogP contribution in [-0.2, 0) is 0 Å². The number of H-pyrrole nitrogens is 1. The van der Waals surface area contributed by atoms with Crippen LogP contribution in [0.15, 0.2) is 48.5 Å². The number of aliphatic hydroxyl groups is 1. The quantitative estimate of drug-likeness (QED) is 0.687. The van der Waals surface area contributed by atoms with Crippen molar-refractivity contribution in [3.8, 4) is 0 Å². The SMILES string of the molecule is Cc1[nH]c2ccccc2c1C(=O)N[C@H](C)[C@H](O)c1ccc(F)cc1. The Morgan fingerprint density at radius 2 is 1.83 bits per heavy atom. The molecule has 0 saturated heterocycles. The van der Waals surface area contributed by atoms with Crippen molar-refractivity contribution in [3.63, 3.8) is 0 Å². The van der Waals surface area contributed by atoms with Crippen molar-refractivity contribution in [2.24, 2.45) is 0 Å². The molecular formula is C19H19FN2O2. The third kappa shape index (κ3) is 3.03. The van der Waals surface area contributed by atoms with E-state index in [1.54, 1.807) is 6.92 Å². The summed E-state index contributed by atoms with van der Waals surface area (Å²) in [5.74, 6) is -0.615. The lowest BCUT2D eigenvalue weighted by atomic mass is 10.0. The van der Waals surface area contributed by atoms with Gasteiger partial charge in [-0.15, -0.1) is 0 Å². The van der Waals surface area contributed by atoms with Gasteiger partial charge in [0.1, 0.15) is 5.82 Å². The molecule has 0 aliphatic rings. The molecule has 3 rings (SSSR count). The predicted octanol–water partition coefficient (Wildman–Crippen LogP) is 3.47. The average molecular weight is 326 g/mol. The molecule has 2 atom stereocenters. The Bertz CT molecular complexity index is 871. The van der Waals surface area contributed by atoms with E-state index in [4.69, 9.17) is 0 Å². The van der Waals surface area contributed by atoms with Crippen LogP contribution >= 0.6 is 0 Å². The highest BCUT2D eigenvalue weighted by atomic mass is 19.1. The number of carbonyl (C=O) groups is 1. The fourth-order valence-corrected chi connectivity index (χ4v) is 2.88. The summed E-state index contributed by atoms with van der Waals surface area (Å²) in [5, 5.41) is 14.0. The number of aliphatic hydroxyl groups excluding tert-OH is 1. The van der Waals surface area contributed by atoms with E-state index in [0.29, 0.717) is 11.1 Å². The van der Waals surface area contributed by atoms with Gasteiger partial charge < -0.3 is 15.4 Å². The molecule has 0 spiro atoms. The van der Waals surface area contributed by atoms with E-state index in [0.717, 1.165) is 16.6 Å². The minimum Gasteiger partial charge on any atom is -0.386 e. The molecular weight excluding hydrogens is 307 g/mol. The van der Waals surface area contributed by atoms with Crippen molar-refractivity contribution >= 4 is 16.8 Å². The second-order valence-corrected chi connectivity index (χ2v) is 5.93. The van der Waals surface area contributed by atoms with Gasteiger partial charge in [-0.2, -0.15) is 0 Å². The Kier molecular flexibility index (Phi) is 4.36. The van der Waals surface area contributed by atoms with Crippen molar-refractivity contribution in [1.82, 2.24) is 10.3 Å². The van der Waals surface area contributed by atoms with Gasteiger partial charge in [0.05, 0.1) is 17.7 Å². The van der Waals surface area contributed by atoms with Crippen LogP contribution in [0.4, 0.5) is 4.39 Å². The number of aromatic amines is 1. The summed E-state index contributed by atoms with van der Waals surface area (Å²) < 4.78 is 13.0. The number of nitrogens with one attached hydrogen (secondary N) is 2. The Morgan fingerprint density at radius 3 is 2.54 bits per heavy atom. The largest absolute Gasteiger partial charge is 0.386 e. The summed E-state index contributed by atoms with van der Waals surface area (Å²) in [4.78, 5) is 15.8. The van der Waals surface area contributed by atoms with Crippen LogP contribution in [0.25, 0.3) is 10.9 Å². The number of halogens is 1. The molecule has 2 aromatic carbocycles. The minimum absolute atomic E-state index is 0.251. The molecule has 3 N–H and O–H groups in total. The van der Waals surface area contributed by atoms with Gasteiger partial charge in [0.2, 0.25) is 0 Å². The molecule has 0 saturated carbocycles. The molecule has 4 nitrogen and oxygen atoms in total. The van der Waals surface area contributed by atoms with Gasteiger partial charge in [-0.25, -0.2) is 4.39 Å². The van der Waals surface area contributed by atoms with Gasteiger partial charge in [0, 0.05) is 16.6 Å². The number of aryl methyl sites for hydroxylation is 1. The van der Waals surface area contributed by atoms with E-state index in [1.165, 1.54) is 24.3 Å². The summed E-state index contributed by atoms with van der Waals surface area (Å²) in [6, 6.07) is 12.7. The van der Waals surface area contributed by atoms with Crippen molar-refractivity contribution in [2.75, 3.05) is 0 Å². The van der Waals surface area contributed by atoms with Gasteiger partial charge in [-0.05, 0) is 37.6 Å². The molecule has 1 heterocycles. The van der Waals surface area contributed by atoms with E-state index >= 15 is 0 Å². The second-order valence-electron chi connectivity index (χ2n) is 5.93. The molecule has 1 aromatic heterocycles. The Balaban J connectivity index is 1.80. The summed E-state index contributed by atoms with van der Waals surface area (Å²) in [6.07, 6.45) is -0.917. The van der Waals surface area contributed by atoms with Crippen LogP contribution in [0, 0.1) is 12.7 Å². The molecule has 24 heavy (non-hydrogen) atoms. The number of fused-ring (bicyclic) bond motifs is 1. The molecule has 5 heteroatoms. The topological polar surface area (TPSA) is 65.1 Å². The lowest BCUT2D eigenvalue weighted by Gasteiger charge is -2.20. The number of hydrogen-bond donors (Lipinski definition) is 3. The zero-order valence-corrected chi connectivity index (χ0v) is 13.5. The van der Waals surface area contributed by atoms with Crippen molar-refractivity contribution in [3.05, 3.63) is 71.2 Å². The summed E-state index contributed by atoms with van der Waals surface area (Å²) in [7, 11) is 0. The Labute approximate surface area is 139 Å². The highest BCUT2D eigenvalue weighted by Gasteiger charge is 2.22. The van der Waals surface area contributed by atoms with Crippen LogP contribution in [0.5, 0.6) is 0 Å². The van der Waals surface area contributed by atoms with Gasteiger partial charge in [-0.1, -0.05) is 30.3 Å². The average Bonchev–Trinajstić information content (AvgIpc) is 2.90. The van der Waals surface area contributed by atoms with Crippen molar-refractivity contribution in [1.29, 1.82) is 0 Å². The third-order valence-corrected chi connectivity index (χ3v) is 4.16. The van der Waals surface area contributed by atoms with Crippen LogP contribution in [0.3, 0.4) is 0 Å². The zero-order valence-electron chi connectivity index (χ0n) is 13.5. The highest BCUT2D eigenvalue weighted by Crippen LogP contribution is 2.23. The second kappa shape index (κ2) is 6.45. The van der Waals surface area contributed by atoms with E-state index in [2.05, 4.69) is 10.3 Å². The molecule has 124 valence electrons. The Morgan fingerprint density at radius 1 is 1.17 bits per heavy atom. The van der Waals surface area contributed by atoms with Crippen molar-refractivity contribution in [2.45, 2.75) is 26.0 Å². The smallest absolute Gasteiger partial charge is 0.254 e. The van der Waals surface area contributed by atoms with Gasteiger partial charge in [0.25, 0.3) is 5.91 Å². The van der Waals surface area contributed by atoms with Crippen molar-refractivity contribution < 1.29 is 14.3 Å². The number of amides is 1. The maximum atomic E-state index is 13.0. The standard InChI is InChI=1S/C19H19FN2O2/c1-11-17(15-5-3-4-6-16(15)21-11)19(24)22-12(2)18(23)13-7-9-14(20)10-8-13/h3-10,12,18,21,23H,1-2H3,(H,22,24)/t12-,18+/m1/s1. The normalized spacial score (nSPS) is 13.7. The number of carbonyl (C=O) groups excluding carboxylic acids is 1. The maximum absolute atomic E-state index is 13.0. The molecule has 0 fully saturated rings. The molecule has 1 amide bonds. The highest BCUT2D eigenvalue weighted by molar-refractivity contribution is 6.08. The van der Waals surface area contributed by atoms with Crippen LogP contribution in [0.2, 0.25) is 0 Å². The molecule has 0 bridgehead atoms. The molecule has 0 aliphatic heterocycles. The molecule has 3 aromatic rings. The summed E-state index contributed by atoms with van der Waals surface area (Å²) in [6.45, 7) is 3.56. The van der Waals surface area contributed by atoms with E-state index < -0.39 is 12.1 Å². The fraction of sp³-hybridized carbons (Fsp3) is 0.211. The van der Waals surface area contributed by atoms with Crippen LogP contribution in [-0.4, -0.2) is 22.0 Å². The monoisotopic (exact) mass is 326 g/mol. The summed E-state index contributed by atoms with van der Waals surface area (Å²) >= 11 is 0. The molecule has 0 aliphatic carbocycles. The number of aromatic nitrogens is 1. The molecule has 0 radical (unpaired) electrons. The lowest BCUT2D eigenvalue weighted by Crippen LogP contribution is -2.37. The van der Waals surface area contributed by atoms with Gasteiger partial charge in [-0.3, -0.25) is 4.79 Å². The Hall–Kier alpha value is -2.66. The number of benzene rings is 2. The number of rotatable bonds is 4. The van der Waals surface area contributed by atoms with Gasteiger partial charge >= 0.3 is 0 Å². The van der Waals surface area contributed by atoms with Crippen LogP contribution in [0.1, 0.15) is 34.6 Å². The minimum atomic E-state index is -0.917. The predicted molar refractivity (Wildman–Crippen MR) is 91.3 cm³/mol. The molecule has 0 unspecified atom stereocenters. The lowest BCUT2D eigenvalue weighted by molar-refractivity contribution is 0.0853. The van der Waals surface area contributed by atoms with E-state index in [9.17, 15) is 14.3 Å². The first-order valence-electron chi connectivity index (χ1n) is 7.79. The summed E-state index contributed by atoms with van der Waals surface area (Å²) in [5.41, 5.74) is 2.80. The van der Waals surface area contributed by atoms with Gasteiger partial charge in [0.15, 0.2) is 0 Å². The first kappa shape index (κ1) is 16.2. The number of hydrogen-bond acceptors (Lipinski definition) is 2. The first-order valence-corrected chi connectivity index (χ1v) is 7.79. The fourth-order valence-electron chi connectivity index (χ4n) is 2.88. The van der Waals surface area contributed by atoms with E-state index in [1.807, 2.05) is 31.2 Å². The zero-order chi connectivity index (χ0) is 17.3. The van der Waals surface area contributed by atoms with Crippen LogP contribution < -0.4 is 5.32 Å². The third-order valence-electron chi connectivity index (χ3n) is 4.16. The maximum Gasteiger partial charge on any atom is 0.254 e. The van der Waals surface area contributed by atoms with E-state index in [-0.39, 0.29) is 11.7 Å².